The minimum absolute atomic E-state index is 0.269. The SMILES string of the molecule is O=C(Nc1ccccc1)Nc1ccc2[nH]c(=S)sc2c1. The average molecular weight is 301 g/mol. The van der Waals surface area contributed by atoms with Gasteiger partial charge in [-0.15, -0.1) is 11.3 Å². The van der Waals surface area contributed by atoms with Crippen LogP contribution in [0, 0.1) is 3.95 Å². The number of H-pyrrole nitrogens is 1. The summed E-state index contributed by atoms with van der Waals surface area (Å²) in [5.74, 6) is 0. The number of carbonyl (C=O) groups is 1. The molecule has 0 saturated carbocycles. The summed E-state index contributed by atoms with van der Waals surface area (Å²) in [6.45, 7) is 0. The van der Waals surface area contributed by atoms with Crippen molar-refractivity contribution in [1.82, 2.24) is 4.98 Å². The van der Waals surface area contributed by atoms with Gasteiger partial charge in [0.05, 0.1) is 10.2 Å². The third kappa shape index (κ3) is 2.87. The van der Waals surface area contributed by atoms with Crippen molar-refractivity contribution in [3.63, 3.8) is 0 Å². The Morgan fingerprint density at radius 3 is 2.60 bits per heavy atom. The van der Waals surface area contributed by atoms with E-state index in [0.717, 1.165) is 25.5 Å². The molecule has 4 nitrogen and oxygen atoms in total. The van der Waals surface area contributed by atoms with Crippen LogP contribution in [0.3, 0.4) is 0 Å². The van der Waals surface area contributed by atoms with Crippen LogP contribution in [-0.2, 0) is 0 Å². The average Bonchev–Trinajstić information content (AvgIpc) is 2.79. The lowest BCUT2D eigenvalue weighted by Crippen LogP contribution is -2.19. The molecule has 3 aromatic rings. The number of aromatic amines is 1. The van der Waals surface area contributed by atoms with E-state index in [0.29, 0.717) is 0 Å². The molecule has 3 N–H and O–H groups in total. The zero-order chi connectivity index (χ0) is 13.9. The maximum atomic E-state index is 11.9. The first-order valence-electron chi connectivity index (χ1n) is 5.97. The highest BCUT2D eigenvalue weighted by molar-refractivity contribution is 7.73. The van der Waals surface area contributed by atoms with E-state index in [4.69, 9.17) is 12.2 Å². The molecule has 2 amide bonds. The van der Waals surface area contributed by atoms with Crippen LogP contribution in [0.1, 0.15) is 0 Å². The van der Waals surface area contributed by atoms with Gasteiger partial charge in [0, 0.05) is 11.4 Å². The molecule has 0 aliphatic rings. The number of amides is 2. The van der Waals surface area contributed by atoms with Crippen LogP contribution in [0.15, 0.2) is 48.5 Å². The predicted molar refractivity (Wildman–Crippen MR) is 86.1 cm³/mol. The maximum Gasteiger partial charge on any atom is 0.323 e. The number of fused-ring (bicyclic) bond motifs is 1. The molecule has 1 heterocycles. The molecule has 0 spiro atoms. The van der Waals surface area contributed by atoms with Crippen molar-refractivity contribution < 1.29 is 4.79 Å². The lowest BCUT2D eigenvalue weighted by Gasteiger charge is -2.07. The van der Waals surface area contributed by atoms with Crippen LogP contribution < -0.4 is 10.6 Å². The first-order chi connectivity index (χ1) is 9.70. The lowest BCUT2D eigenvalue weighted by atomic mass is 10.3. The molecule has 2 aromatic carbocycles. The summed E-state index contributed by atoms with van der Waals surface area (Å²) in [4.78, 5) is 15.0. The highest BCUT2D eigenvalue weighted by Crippen LogP contribution is 2.23. The summed E-state index contributed by atoms with van der Waals surface area (Å²) in [6.07, 6.45) is 0. The molecule has 100 valence electrons. The van der Waals surface area contributed by atoms with Crippen molar-refractivity contribution in [3.05, 3.63) is 52.5 Å². The van der Waals surface area contributed by atoms with E-state index in [1.54, 1.807) is 0 Å². The number of benzene rings is 2. The van der Waals surface area contributed by atoms with E-state index in [9.17, 15) is 4.79 Å². The number of urea groups is 1. The summed E-state index contributed by atoms with van der Waals surface area (Å²) in [5, 5.41) is 5.57. The Morgan fingerprint density at radius 2 is 1.80 bits per heavy atom. The number of nitrogens with one attached hydrogen (secondary N) is 3. The van der Waals surface area contributed by atoms with Crippen molar-refractivity contribution in [2.75, 3.05) is 10.6 Å². The topological polar surface area (TPSA) is 56.9 Å². The second-order valence-electron chi connectivity index (χ2n) is 4.17. The van der Waals surface area contributed by atoms with Gasteiger partial charge in [0.25, 0.3) is 0 Å². The number of thiazole rings is 1. The third-order valence-corrected chi connectivity index (χ3v) is 3.91. The molecule has 0 radical (unpaired) electrons. The van der Waals surface area contributed by atoms with Crippen LogP contribution in [-0.4, -0.2) is 11.0 Å². The van der Waals surface area contributed by atoms with E-state index in [2.05, 4.69) is 15.6 Å². The molecule has 0 unspecified atom stereocenters. The number of hydrogen-bond donors (Lipinski definition) is 3. The minimum Gasteiger partial charge on any atom is -0.337 e. The molecule has 0 fully saturated rings. The van der Waals surface area contributed by atoms with Gasteiger partial charge in [-0.1, -0.05) is 18.2 Å². The molecule has 0 aliphatic heterocycles. The minimum atomic E-state index is -0.269. The molecule has 0 bridgehead atoms. The van der Waals surface area contributed by atoms with Gasteiger partial charge in [-0.3, -0.25) is 0 Å². The quantitative estimate of drug-likeness (QED) is 0.606. The van der Waals surface area contributed by atoms with Gasteiger partial charge in [-0.25, -0.2) is 4.79 Å². The summed E-state index contributed by atoms with van der Waals surface area (Å²) >= 11 is 6.58. The maximum absolute atomic E-state index is 11.9. The highest BCUT2D eigenvalue weighted by Gasteiger charge is 2.04. The van der Waals surface area contributed by atoms with Gasteiger partial charge in [-0.05, 0) is 42.5 Å². The van der Waals surface area contributed by atoms with Crippen LogP contribution in [0.5, 0.6) is 0 Å². The second-order valence-corrected chi connectivity index (χ2v) is 5.89. The Bertz CT molecular complexity index is 808. The number of carbonyl (C=O) groups excluding carboxylic acids is 1. The molecule has 0 saturated heterocycles. The summed E-state index contributed by atoms with van der Waals surface area (Å²) in [6, 6.07) is 14.7. The summed E-state index contributed by atoms with van der Waals surface area (Å²) in [7, 11) is 0. The number of para-hydroxylation sites is 1. The van der Waals surface area contributed by atoms with Crippen molar-refractivity contribution in [3.8, 4) is 0 Å². The van der Waals surface area contributed by atoms with Crippen molar-refractivity contribution >= 4 is 51.2 Å². The fourth-order valence-corrected chi connectivity index (χ4v) is 2.99. The Hall–Kier alpha value is -2.18. The molecule has 3 rings (SSSR count). The molecule has 0 atom stereocenters. The van der Waals surface area contributed by atoms with Crippen molar-refractivity contribution in [1.29, 1.82) is 0 Å². The fraction of sp³-hybridized carbons (Fsp3) is 0. The third-order valence-electron chi connectivity index (χ3n) is 2.71. The number of anilines is 2. The standard InChI is InChI=1S/C14H11N3OS2/c18-13(15-9-4-2-1-3-5-9)16-10-6-7-11-12(8-10)20-14(19)17-11/h1-8H,(H,17,19)(H2,15,16,18). The van der Waals surface area contributed by atoms with E-state index in [1.165, 1.54) is 11.3 Å². The first kappa shape index (κ1) is 12.8. The van der Waals surface area contributed by atoms with E-state index < -0.39 is 0 Å². The zero-order valence-corrected chi connectivity index (χ0v) is 12.0. The van der Waals surface area contributed by atoms with Gasteiger partial charge in [0.2, 0.25) is 0 Å². The Balaban J connectivity index is 1.75. The molecular formula is C14H11N3OS2. The Labute approximate surface area is 124 Å². The molecule has 20 heavy (non-hydrogen) atoms. The molecule has 0 aliphatic carbocycles. The first-order valence-corrected chi connectivity index (χ1v) is 7.19. The number of hydrogen-bond acceptors (Lipinski definition) is 3. The van der Waals surface area contributed by atoms with Crippen LogP contribution in [0.2, 0.25) is 0 Å². The lowest BCUT2D eigenvalue weighted by molar-refractivity contribution is 0.262. The van der Waals surface area contributed by atoms with E-state index in [-0.39, 0.29) is 6.03 Å². The summed E-state index contributed by atoms with van der Waals surface area (Å²) < 4.78 is 1.75. The molecule has 1 aromatic heterocycles. The van der Waals surface area contributed by atoms with Crippen LogP contribution in [0.4, 0.5) is 16.2 Å². The van der Waals surface area contributed by atoms with Gasteiger partial charge >= 0.3 is 6.03 Å². The van der Waals surface area contributed by atoms with Crippen molar-refractivity contribution in [2.45, 2.75) is 0 Å². The van der Waals surface area contributed by atoms with Crippen LogP contribution >= 0.6 is 23.6 Å². The monoisotopic (exact) mass is 301 g/mol. The smallest absolute Gasteiger partial charge is 0.323 e. The van der Waals surface area contributed by atoms with E-state index >= 15 is 0 Å². The fourth-order valence-electron chi connectivity index (χ4n) is 1.84. The molecule has 6 heteroatoms. The molecular weight excluding hydrogens is 290 g/mol. The Morgan fingerprint density at radius 1 is 1.05 bits per heavy atom. The van der Waals surface area contributed by atoms with Gasteiger partial charge in [0.15, 0.2) is 3.95 Å². The predicted octanol–water partition coefficient (Wildman–Crippen LogP) is 4.60. The zero-order valence-electron chi connectivity index (χ0n) is 10.3. The summed E-state index contributed by atoms with van der Waals surface area (Å²) in [5.41, 5.74) is 2.47. The Kier molecular flexibility index (Phi) is 3.49. The number of rotatable bonds is 2. The largest absolute Gasteiger partial charge is 0.337 e. The number of aromatic nitrogens is 1. The van der Waals surface area contributed by atoms with Gasteiger partial charge < -0.3 is 15.6 Å². The normalized spacial score (nSPS) is 10.4. The van der Waals surface area contributed by atoms with Crippen LogP contribution in [0.25, 0.3) is 10.2 Å². The highest BCUT2D eigenvalue weighted by atomic mass is 32.1. The van der Waals surface area contributed by atoms with Gasteiger partial charge in [-0.2, -0.15) is 0 Å². The second kappa shape index (κ2) is 5.44. The van der Waals surface area contributed by atoms with Crippen molar-refractivity contribution in [2.24, 2.45) is 0 Å². The van der Waals surface area contributed by atoms with Gasteiger partial charge in [0.1, 0.15) is 0 Å². The van der Waals surface area contributed by atoms with E-state index in [1.807, 2.05) is 48.5 Å².